The first-order chi connectivity index (χ1) is 14.9. The van der Waals surface area contributed by atoms with Crippen LogP contribution in [0.25, 0.3) is 0 Å². The number of amides is 1. The van der Waals surface area contributed by atoms with Gasteiger partial charge >= 0.3 is 11.9 Å². The lowest BCUT2D eigenvalue weighted by Crippen LogP contribution is -2.13. The molecule has 0 atom stereocenters. The van der Waals surface area contributed by atoms with Gasteiger partial charge in [0, 0.05) is 10.2 Å². The van der Waals surface area contributed by atoms with E-state index in [9.17, 15) is 14.4 Å². The van der Waals surface area contributed by atoms with Crippen LogP contribution in [0.3, 0.4) is 0 Å². The number of rotatable bonds is 7. The molecule has 0 spiro atoms. The number of esters is 2. The molecule has 0 aliphatic carbocycles. The van der Waals surface area contributed by atoms with Crippen molar-refractivity contribution in [3.63, 3.8) is 0 Å². The van der Waals surface area contributed by atoms with Gasteiger partial charge in [0.15, 0.2) is 5.76 Å². The van der Waals surface area contributed by atoms with E-state index in [2.05, 4.69) is 30.7 Å². The van der Waals surface area contributed by atoms with E-state index in [1.807, 2.05) is 12.1 Å². The molecule has 0 aliphatic heterocycles. The SMILES string of the molecule is COC(=O)c1cc(NC(=O)c2ccc(COc3ccc(Br)cc3)o2)cc(C(=O)OC)c1. The number of methoxy groups -OCH3 is 2. The van der Waals surface area contributed by atoms with Gasteiger partial charge < -0.3 is 23.9 Å². The highest BCUT2D eigenvalue weighted by Crippen LogP contribution is 2.20. The zero-order valence-corrected chi connectivity index (χ0v) is 18.2. The molecule has 8 nitrogen and oxygen atoms in total. The van der Waals surface area contributed by atoms with Gasteiger partial charge in [0.1, 0.15) is 18.1 Å². The summed E-state index contributed by atoms with van der Waals surface area (Å²) in [7, 11) is 2.43. The lowest BCUT2D eigenvalue weighted by Gasteiger charge is -2.09. The number of carbonyl (C=O) groups excluding carboxylic acids is 3. The van der Waals surface area contributed by atoms with Crippen LogP contribution in [-0.2, 0) is 16.1 Å². The van der Waals surface area contributed by atoms with Crippen LogP contribution < -0.4 is 10.1 Å². The summed E-state index contributed by atoms with van der Waals surface area (Å²) in [6, 6.07) is 14.5. The van der Waals surface area contributed by atoms with E-state index >= 15 is 0 Å². The fourth-order valence-electron chi connectivity index (χ4n) is 2.63. The van der Waals surface area contributed by atoms with Crippen LogP contribution in [0.1, 0.15) is 37.0 Å². The molecule has 1 aromatic heterocycles. The summed E-state index contributed by atoms with van der Waals surface area (Å²) in [4.78, 5) is 36.3. The highest BCUT2D eigenvalue weighted by atomic mass is 79.9. The molecule has 2 aromatic carbocycles. The topological polar surface area (TPSA) is 104 Å². The van der Waals surface area contributed by atoms with Crippen molar-refractivity contribution in [2.45, 2.75) is 6.61 Å². The zero-order chi connectivity index (χ0) is 22.4. The quantitative estimate of drug-likeness (QED) is 0.490. The van der Waals surface area contributed by atoms with E-state index in [0.717, 1.165) is 4.47 Å². The molecule has 0 aliphatic rings. The first-order valence-corrected chi connectivity index (χ1v) is 9.79. The second-order valence-electron chi connectivity index (χ2n) is 6.24. The van der Waals surface area contributed by atoms with E-state index < -0.39 is 17.8 Å². The number of nitrogens with one attached hydrogen (secondary N) is 1. The van der Waals surface area contributed by atoms with Crippen molar-refractivity contribution in [1.29, 1.82) is 0 Å². The summed E-state index contributed by atoms with van der Waals surface area (Å²) in [5, 5.41) is 2.60. The summed E-state index contributed by atoms with van der Waals surface area (Å²) in [5.74, 6) is -0.740. The van der Waals surface area contributed by atoms with Crippen molar-refractivity contribution in [3.05, 3.63) is 81.7 Å². The van der Waals surface area contributed by atoms with Crippen LogP contribution in [0.2, 0.25) is 0 Å². The average molecular weight is 488 g/mol. The molecule has 1 heterocycles. The lowest BCUT2D eigenvalue weighted by atomic mass is 10.1. The summed E-state index contributed by atoms with van der Waals surface area (Å²) in [5.41, 5.74) is 0.379. The molecule has 160 valence electrons. The fourth-order valence-corrected chi connectivity index (χ4v) is 2.89. The van der Waals surface area contributed by atoms with Crippen LogP contribution in [-0.4, -0.2) is 32.1 Å². The number of carbonyl (C=O) groups is 3. The van der Waals surface area contributed by atoms with Gasteiger partial charge in [0.2, 0.25) is 0 Å². The highest BCUT2D eigenvalue weighted by Gasteiger charge is 2.17. The maximum absolute atomic E-state index is 12.6. The van der Waals surface area contributed by atoms with E-state index in [1.54, 1.807) is 18.2 Å². The average Bonchev–Trinajstić information content (AvgIpc) is 3.26. The summed E-state index contributed by atoms with van der Waals surface area (Å²) < 4.78 is 21.5. The molecule has 31 heavy (non-hydrogen) atoms. The Kier molecular flexibility index (Phi) is 7.09. The van der Waals surface area contributed by atoms with Crippen LogP contribution in [0.4, 0.5) is 5.69 Å². The second kappa shape index (κ2) is 9.94. The van der Waals surface area contributed by atoms with Crippen LogP contribution in [0.15, 0.2) is 63.5 Å². The first-order valence-electron chi connectivity index (χ1n) is 8.99. The Hall–Kier alpha value is -3.59. The number of ether oxygens (including phenoxy) is 3. The molecule has 0 saturated heterocycles. The van der Waals surface area contributed by atoms with Crippen LogP contribution >= 0.6 is 15.9 Å². The Balaban J connectivity index is 1.71. The summed E-state index contributed by atoms with van der Waals surface area (Å²) in [6.07, 6.45) is 0. The smallest absolute Gasteiger partial charge is 0.337 e. The molecule has 3 rings (SSSR count). The van der Waals surface area contributed by atoms with E-state index in [4.69, 9.17) is 9.15 Å². The van der Waals surface area contributed by atoms with Crippen molar-refractivity contribution in [3.8, 4) is 5.75 Å². The van der Waals surface area contributed by atoms with Crippen LogP contribution in [0.5, 0.6) is 5.75 Å². The first kappa shape index (κ1) is 22.1. The van der Waals surface area contributed by atoms with E-state index in [-0.39, 0.29) is 29.2 Å². The molecule has 0 radical (unpaired) electrons. The molecule has 1 amide bonds. The predicted molar refractivity (Wildman–Crippen MR) is 114 cm³/mol. The van der Waals surface area contributed by atoms with Gasteiger partial charge in [-0.2, -0.15) is 0 Å². The minimum absolute atomic E-state index is 0.0393. The number of hydrogen-bond donors (Lipinski definition) is 1. The van der Waals surface area contributed by atoms with Gasteiger partial charge in [-0.3, -0.25) is 4.79 Å². The van der Waals surface area contributed by atoms with Gasteiger partial charge in [-0.05, 0) is 54.6 Å². The number of halogens is 1. The Morgan fingerprint density at radius 1 is 0.903 bits per heavy atom. The van der Waals surface area contributed by atoms with Crippen LogP contribution in [0, 0.1) is 0 Å². The predicted octanol–water partition coefficient (Wildman–Crippen LogP) is 4.45. The largest absolute Gasteiger partial charge is 0.486 e. The van der Waals surface area contributed by atoms with Crippen molar-refractivity contribution < 1.29 is 33.0 Å². The molecule has 9 heteroatoms. The van der Waals surface area contributed by atoms with E-state index in [0.29, 0.717) is 11.5 Å². The zero-order valence-electron chi connectivity index (χ0n) is 16.6. The van der Waals surface area contributed by atoms with Crippen molar-refractivity contribution in [2.75, 3.05) is 19.5 Å². The third-order valence-corrected chi connectivity index (χ3v) is 4.64. The third kappa shape index (κ3) is 5.73. The van der Waals surface area contributed by atoms with Gasteiger partial charge in [-0.15, -0.1) is 0 Å². The fraction of sp³-hybridized carbons (Fsp3) is 0.136. The maximum atomic E-state index is 12.6. The monoisotopic (exact) mass is 487 g/mol. The van der Waals surface area contributed by atoms with Crippen molar-refractivity contribution in [2.24, 2.45) is 0 Å². The van der Waals surface area contributed by atoms with Crippen molar-refractivity contribution in [1.82, 2.24) is 0 Å². The van der Waals surface area contributed by atoms with E-state index in [1.165, 1.54) is 38.5 Å². The summed E-state index contributed by atoms with van der Waals surface area (Å²) in [6.45, 7) is 0.138. The van der Waals surface area contributed by atoms with Gasteiger partial charge in [-0.1, -0.05) is 15.9 Å². The Bertz CT molecular complexity index is 1070. The molecular formula is C22H18BrNO7. The normalized spacial score (nSPS) is 10.3. The molecule has 0 fully saturated rings. The molecule has 1 N–H and O–H groups in total. The Morgan fingerprint density at radius 2 is 1.52 bits per heavy atom. The van der Waals surface area contributed by atoms with Gasteiger partial charge in [-0.25, -0.2) is 9.59 Å². The Morgan fingerprint density at radius 3 is 2.10 bits per heavy atom. The number of hydrogen-bond acceptors (Lipinski definition) is 7. The van der Waals surface area contributed by atoms with Gasteiger partial charge in [0.25, 0.3) is 5.91 Å². The standard InChI is InChI=1S/C22H18BrNO7/c1-28-21(26)13-9-14(22(27)29-2)11-16(10-13)24-20(25)19-8-7-18(31-19)12-30-17-5-3-15(23)4-6-17/h3-11H,12H2,1-2H3,(H,24,25). The van der Waals surface area contributed by atoms with Gasteiger partial charge in [0.05, 0.1) is 25.3 Å². The van der Waals surface area contributed by atoms with Crippen molar-refractivity contribution >= 4 is 39.5 Å². The third-order valence-electron chi connectivity index (χ3n) is 4.11. The summed E-state index contributed by atoms with van der Waals surface area (Å²) >= 11 is 3.35. The lowest BCUT2D eigenvalue weighted by molar-refractivity contribution is 0.0599. The Labute approximate surface area is 186 Å². The maximum Gasteiger partial charge on any atom is 0.337 e. The number of benzene rings is 2. The molecule has 0 bridgehead atoms. The number of furan rings is 1. The molecule has 3 aromatic rings. The number of anilines is 1. The second-order valence-corrected chi connectivity index (χ2v) is 7.16. The highest BCUT2D eigenvalue weighted by molar-refractivity contribution is 9.10. The molecular weight excluding hydrogens is 470 g/mol. The minimum atomic E-state index is -0.661. The minimum Gasteiger partial charge on any atom is -0.486 e. The molecule has 0 unspecified atom stereocenters. The molecule has 0 saturated carbocycles.